The van der Waals surface area contributed by atoms with Crippen molar-refractivity contribution in [3.05, 3.63) is 98.5 Å². The Morgan fingerprint density at radius 1 is 1.00 bits per heavy atom. The van der Waals surface area contributed by atoms with E-state index >= 15 is 0 Å². The number of carboxylic acids is 1. The summed E-state index contributed by atoms with van der Waals surface area (Å²) in [6.07, 6.45) is 8.89. The fourth-order valence-electron chi connectivity index (χ4n) is 8.74. The molecule has 0 radical (unpaired) electrons. The highest BCUT2D eigenvalue weighted by atomic mass is 35.5. The van der Waals surface area contributed by atoms with Gasteiger partial charge in [0.15, 0.2) is 16.0 Å². The molecule has 1 saturated heterocycles. The van der Waals surface area contributed by atoms with Gasteiger partial charge in [-0.2, -0.15) is 0 Å². The zero-order chi connectivity index (χ0) is 41.6. The molecule has 1 amide bonds. The van der Waals surface area contributed by atoms with Crippen LogP contribution in [0.5, 0.6) is 5.75 Å². The number of halogens is 1. The molecule has 4 heterocycles. The van der Waals surface area contributed by atoms with Crippen LogP contribution in [0.15, 0.2) is 60.7 Å². The number of nitrogens with zero attached hydrogens (tertiary/aromatic N) is 4. The second-order valence-corrected chi connectivity index (χ2v) is 18.5. The molecule has 2 fully saturated rings. The number of thiazole rings is 2. The zero-order valence-corrected chi connectivity index (χ0v) is 36.0. The van der Waals surface area contributed by atoms with Crippen LogP contribution in [0.4, 0.5) is 10.3 Å². The summed E-state index contributed by atoms with van der Waals surface area (Å²) in [6.45, 7) is 4.32. The van der Waals surface area contributed by atoms with Gasteiger partial charge < -0.3 is 19.5 Å². The van der Waals surface area contributed by atoms with Crippen molar-refractivity contribution in [2.24, 2.45) is 11.3 Å². The second-order valence-electron chi connectivity index (χ2n) is 16.0. The normalized spacial score (nSPS) is 16.5. The van der Waals surface area contributed by atoms with Crippen LogP contribution in [0.25, 0.3) is 10.2 Å². The summed E-state index contributed by atoms with van der Waals surface area (Å²) in [5.41, 5.74) is 5.01. The minimum absolute atomic E-state index is 0.205. The Labute approximate surface area is 363 Å². The number of piperidine rings is 1. The van der Waals surface area contributed by atoms with Gasteiger partial charge in [-0.3, -0.25) is 19.8 Å². The van der Waals surface area contributed by atoms with Gasteiger partial charge in [-0.1, -0.05) is 59.0 Å². The Balaban J connectivity index is 0.831. The Morgan fingerprint density at radius 3 is 2.58 bits per heavy atom. The predicted octanol–water partition coefficient (Wildman–Crippen LogP) is 9.12. The van der Waals surface area contributed by atoms with Crippen LogP contribution in [0.3, 0.4) is 0 Å². The van der Waals surface area contributed by atoms with Crippen molar-refractivity contribution in [1.29, 1.82) is 0 Å². The number of carboxylic acid groups (broad SMARTS) is 1. The summed E-state index contributed by atoms with van der Waals surface area (Å²) in [6, 6.07) is 19.2. The van der Waals surface area contributed by atoms with Gasteiger partial charge in [0.25, 0.3) is 5.91 Å². The number of methoxy groups -OCH3 is 1. The number of aliphatic carboxylic acids is 1. The number of hydrogen-bond acceptors (Lipinski definition) is 11. The van der Waals surface area contributed by atoms with Crippen LogP contribution in [-0.4, -0.2) is 77.7 Å². The molecule has 1 aliphatic carbocycles. The van der Waals surface area contributed by atoms with Crippen LogP contribution in [-0.2, 0) is 28.9 Å². The second kappa shape index (κ2) is 18.7. The number of anilines is 2. The number of carbonyl (C=O) groups is 3. The van der Waals surface area contributed by atoms with E-state index in [1.165, 1.54) is 29.8 Å². The summed E-state index contributed by atoms with van der Waals surface area (Å²) in [7, 11) is 1.36. The van der Waals surface area contributed by atoms with E-state index in [-0.39, 0.29) is 5.91 Å². The van der Waals surface area contributed by atoms with Gasteiger partial charge in [-0.15, -0.1) is 11.3 Å². The van der Waals surface area contributed by atoms with Crippen molar-refractivity contribution < 1.29 is 29.0 Å². The van der Waals surface area contributed by atoms with Crippen LogP contribution in [0.2, 0.25) is 5.02 Å². The molecule has 2 aliphatic heterocycles. The average Bonchev–Trinajstić information content (AvgIpc) is 3.88. The number of ether oxygens (including phenoxy) is 2. The maximum atomic E-state index is 13.6. The van der Waals surface area contributed by atoms with Crippen molar-refractivity contribution in [2.45, 2.75) is 70.8 Å². The lowest BCUT2D eigenvalue weighted by Gasteiger charge is -2.45. The molecule has 8 rings (SSSR count). The molecule has 1 spiro atoms. The van der Waals surface area contributed by atoms with Crippen molar-refractivity contribution in [2.75, 3.05) is 50.1 Å². The van der Waals surface area contributed by atoms with E-state index in [2.05, 4.69) is 38.0 Å². The summed E-state index contributed by atoms with van der Waals surface area (Å²) in [5.74, 6) is 6.13. The number of aromatic nitrogens is 2. The molecule has 1 saturated carbocycles. The van der Waals surface area contributed by atoms with E-state index in [0.29, 0.717) is 89.1 Å². The highest BCUT2D eigenvalue weighted by Crippen LogP contribution is 2.47. The van der Waals surface area contributed by atoms with Gasteiger partial charge >= 0.3 is 11.9 Å². The molecule has 0 unspecified atom stereocenters. The van der Waals surface area contributed by atoms with Gasteiger partial charge in [0.1, 0.15) is 5.75 Å². The zero-order valence-electron chi connectivity index (χ0n) is 33.6. The smallest absolute Gasteiger partial charge is 0.357 e. The minimum Gasteiger partial charge on any atom is -0.492 e. The number of hydrogen-bond donors (Lipinski definition) is 2. The molecular formula is C46H48ClN5O6S2. The van der Waals surface area contributed by atoms with E-state index in [9.17, 15) is 14.4 Å². The van der Waals surface area contributed by atoms with Gasteiger partial charge in [-0.25, -0.2) is 14.8 Å². The van der Waals surface area contributed by atoms with Crippen LogP contribution >= 0.6 is 34.3 Å². The first-order chi connectivity index (χ1) is 29.1. The molecule has 2 N–H and O–H groups in total. The Hall–Kier alpha value is -5.00. The fourth-order valence-corrected chi connectivity index (χ4v) is 10.9. The number of amides is 1. The lowest BCUT2D eigenvalue weighted by Crippen LogP contribution is -2.42. The molecule has 14 heteroatoms. The topological polar surface area (TPSA) is 134 Å². The van der Waals surface area contributed by atoms with Crippen LogP contribution < -0.4 is 15.0 Å². The highest BCUT2D eigenvalue weighted by Gasteiger charge is 2.38. The molecule has 5 aromatic rings. The molecule has 0 atom stereocenters. The maximum absolute atomic E-state index is 13.6. The summed E-state index contributed by atoms with van der Waals surface area (Å²) in [4.78, 5) is 52.2. The van der Waals surface area contributed by atoms with Crippen molar-refractivity contribution in [3.63, 3.8) is 0 Å². The minimum atomic E-state index is -0.675. The SMILES string of the molecule is COC(=O)c1nc(N2CCc3cccc(C(=O)Nc4nc5ccccc5s4)c3C2)sc1CCCOc1ccc(C#CCN2CCC3(CCC(CC(=O)O)CC3)CC2)cc1Cl. The summed E-state index contributed by atoms with van der Waals surface area (Å²) >= 11 is 9.55. The van der Waals surface area contributed by atoms with Crippen LogP contribution in [0.1, 0.15) is 93.8 Å². The monoisotopic (exact) mass is 865 g/mol. The lowest BCUT2D eigenvalue weighted by atomic mass is 9.65. The lowest BCUT2D eigenvalue weighted by molar-refractivity contribution is -0.138. The standard InChI is InChI=1S/C46H48ClN5O6S2/c1-57-43(56)41-39(60-45(49-41)52-23-17-32-8-4-9-33(34(32)29-52)42(55)50-44-48-36-10-2-3-11-38(36)59-44)12-6-26-58-37-14-13-30(27-35(37)47)7-5-22-51-24-20-46(21-25-51)18-15-31(16-19-46)28-40(53)54/h2-4,8-11,13-14,27,31H,6,12,15-26,28-29H2,1H3,(H,53,54)(H,48,50,55). The average molecular weight is 867 g/mol. The van der Waals surface area contributed by atoms with Gasteiger partial charge in [-0.05, 0) is 130 Å². The molecule has 3 aromatic carbocycles. The molecule has 60 heavy (non-hydrogen) atoms. The highest BCUT2D eigenvalue weighted by molar-refractivity contribution is 7.22. The number of fused-ring (bicyclic) bond motifs is 2. The molecule has 3 aliphatic rings. The van der Waals surface area contributed by atoms with E-state index < -0.39 is 11.9 Å². The van der Waals surface area contributed by atoms with Gasteiger partial charge in [0.05, 0.1) is 35.5 Å². The maximum Gasteiger partial charge on any atom is 0.357 e. The molecular weight excluding hydrogens is 818 g/mol. The largest absolute Gasteiger partial charge is 0.492 e. The molecule has 11 nitrogen and oxygen atoms in total. The summed E-state index contributed by atoms with van der Waals surface area (Å²) in [5, 5.41) is 13.9. The van der Waals surface area contributed by atoms with E-state index in [1.54, 1.807) is 0 Å². The third kappa shape index (κ3) is 9.79. The third-order valence-corrected chi connectivity index (χ3v) is 14.6. The van der Waals surface area contributed by atoms with E-state index in [4.69, 9.17) is 31.2 Å². The fraction of sp³-hybridized carbons (Fsp3) is 0.413. The number of esters is 1. The quantitative estimate of drug-likeness (QED) is 0.0711. The van der Waals surface area contributed by atoms with E-state index in [1.807, 2.05) is 54.6 Å². The number of aryl methyl sites for hydroxylation is 1. The van der Waals surface area contributed by atoms with Crippen LogP contribution in [0, 0.1) is 23.2 Å². The number of para-hydroxylation sites is 1. The van der Waals surface area contributed by atoms with Gasteiger partial charge in [0, 0.05) is 35.5 Å². The first-order valence-electron chi connectivity index (χ1n) is 20.6. The predicted molar refractivity (Wildman–Crippen MR) is 237 cm³/mol. The first-order valence-corrected chi connectivity index (χ1v) is 22.6. The Kier molecular flexibility index (Phi) is 13.0. The number of rotatable bonds is 12. The molecule has 312 valence electrons. The molecule has 0 bridgehead atoms. The third-order valence-electron chi connectivity index (χ3n) is 12.2. The number of benzene rings is 3. The van der Waals surface area contributed by atoms with E-state index in [0.717, 1.165) is 89.8 Å². The van der Waals surface area contributed by atoms with Crippen molar-refractivity contribution in [3.8, 4) is 17.6 Å². The van der Waals surface area contributed by atoms with Crippen molar-refractivity contribution in [1.82, 2.24) is 14.9 Å². The summed E-state index contributed by atoms with van der Waals surface area (Å²) < 4.78 is 12.2. The Morgan fingerprint density at radius 2 is 1.82 bits per heavy atom. The number of nitrogens with one attached hydrogen (secondary N) is 1. The molecule has 2 aromatic heterocycles. The van der Waals surface area contributed by atoms with Crippen molar-refractivity contribution >= 4 is 72.6 Å². The first kappa shape index (κ1) is 41.7. The Bertz CT molecular complexity index is 2400. The number of carbonyl (C=O) groups excluding carboxylic acids is 2. The number of likely N-dealkylation sites (tertiary alicyclic amines) is 1. The van der Waals surface area contributed by atoms with Gasteiger partial charge in [0.2, 0.25) is 0 Å².